The van der Waals surface area contributed by atoms with Crippen molar-refractivity contribution in [1.29, 1.82) is 0 Å². The summed E-state index contributed by atoms with van der Waals surface area (Å²) in [6.45, 7) is 0.909. The highest BCUT2D eigenvalue weighted by molar-refractivity contribution is 5.81. The molecular weight excluding hydrogens is 344 g/mol. The summed E-state index contributed by atoms with van der Waals surface area (Å²) in [7, 11) is 0. The molecule has 0 spiro atoms. The van der Waals surface area contributed by atoms with Crippen LogP contribution in [-0.2, 0) is 19.1 Å². The Morgan fingerprint density at radius 3 is 2.11 bits per heavy atom. The topological polar surface area (TPSA) is 76.7 Å². The van der Waals surface area contributed by atoms with Crippen molar-refractivity contribution in [3.63, 3.8) is 0 Å². The Kier molecular flexibility index (Phi) is 7.54. The largest absolute Gasteiger partial charge is 0.371 e. The van der Waals surface area contributed by atoms with E-state index < -0.39 is 0 Å². The van der Waals surface area contributed by atoms with E-state index in [9.17, 15) is 9.59 Å². The van der Waals surface area contributed by atoms with Crippen molar-refractivity contribution in [3.8, 4) is 12.3 Å². The molecule has 2 saturated heterocycles. The third kappa shape index (κ3) is 5.95. The summed E-state index contributed by atoms with van der Waals surface area (Å²) in [5.41, 5.74) is 0. The van der Waals surface area contributed by atoms with Crippen LogP contribution in [0.15, 0.2) is 0 Å². The number of carbonyl (C=O) groups excluding carboxylic acids is 2. The number of carbonyl (C=O) groups is 2. The highest BCUT2D eigenvalue weighted by Crippen LogP contribution is 2.31. The van der Waals surface area contributed by atoms with Crippen molar-refractivity contribution in [2.45, 2.75) is 88.5 Å². The van der Waals surface area contributed by atoms with Crippen LogP contribution < -0.4 is 10.6 Å². The molecule has 27 heavy (non-hydrogen) atoms. The number of amides is 2. The molecule has 3 aliphatic rings. The van der Waals surface area contributed by atoms with Crippen molar-refractivity contribution in [1.82, 2.24) is 10.6 Å². The minimum Gasteiger partial charge on any atom is -0.371 e. The van der Waals surface area contributed by atoms with Gasteiger partial charge in [-0.3, -0.25) is 9.59 Å². The fourth-order valence-corrected chi connectivity index (χ4v) is 3.89. The number of rotatable bonds is 11. The number of hydrogen-bond donors (Lipinski definition) is 2. The summed E-state index contributed by atoms with van der Waals surface area (Å²) in [6, 6.07) is -0.214. The van der Waals surface area contributed by atoms with Crippen molar-refractivity contribution < 1.29 is 19.1 Å². The fourth-order valence-electron chi connectivity index (χ4n) is 3.89. The lowest BCUT2D eigenvalue weighted by molar-refractivity contribution is -0.123. The van der Waals surface area contributed by atoms with Crippen molar-refractivity contribution in [2.24, 2.45) is 5.92 Å². The molecule has 1 aliphatic carbocycles. The van der Waals surface area contributed by atoms with Gasteiger partial charge in [-0.15, -0.1) is 12.3 Å². The Morgan fingerprint density at radius 1 is 0.889 bits per heavy atom. The zero-order chi connectivity index (χ0) is 19.1. The number of terminal acetylenes is 1. The smallest absolute Gasteiger partial charge is 0.223 e. The van der Waals surface area contributed by atoms with Crippen LogP contribution in [0.4, 0.5) is 0 Å². The Bertz CT molecular complexity index is 555. The number of nitrogens with one attached hydrogen (secondary N) is 2. The summed E-state index contributed by atoms with van der Waals surface area (Å²) < 4.78 is 11.7. The molecule has 6 nitrogen and oxygen atoms in total. The number of fused-ring (bicyclic) bond motifs is 1. The van der Waals surface area contributed by atoms with Gasteiger partial charge in [0.1, 0.15) is 12.2 Å². The molecular formula is C21H32N2O4. The summed E-state index contributed by atoms with van der Waals surface area (Å²) >= 11 is 0. The van der Waals surface area contributed by atoms with Gasteiger partial charge in [0.25, 0.3) is 0 Å². The fraction of sp³-hybridized carbons (Fsp3) is 0.810. The zero-order valence-corrected chi connectivity index (χ0v) is 16.1. The lowest BCUT2D eigenvalue weighted by Gasteiger charge is -2.18. The second-order valence-corrected chi connectivity index (χ2v) is 7.98. The van der Waals surface area contributed by atoms with Gasteiger partial charge >= 0.3 is 0 Å². The van der Waals surface area contributed by atoms with Gasteiger partial charge in [-0.1, -0.05) is 25.7 Å². The Labute approximate surface area is 162 Å². The van der Waals surface area contributed by atoms with Gasteiger partial charge in [-0.2, -0.15) is 0 Å². The predicted molar refractivity (Wildman–Crippen MR) is 102 cm³/mol. The average molecular weight is 376 g/mol. The summed E-state index contributed by atoms with van der Waals surface area (Å²) in [4.78, 5) is 24.2. The second-order valence-electron chi connectivity index (χ2n) is 7.98. The predicted octanol–water partition coefficient (Wildman–Crippen LogP) is 1.92. The Hall–Kier alpha value is -1.58. The van der Waals surface area contributed by atoms with Crippen LogP contribution in [0.2, 0.25) is 0 Å². The average Bonchev–Trinajstić information content (AvgIpc) is 3.33. The van der Waals surface area contributed by atoms with Crippen molar-refractivity contribution in [2.75, 3.05) is 13.2 Å². The molecule has 2 amide bonds. The number of ether oxygens (including phenoxy) is 2. The molecule has 0 unspecified atom stereocenters. The van der Waals surface area contributed by atoms with E-state index in [1.165, 1.54) is 12.8 Å². The third-order valence-electron chi connectivity index (χ3n) is 5.65. The zero-order valence-electron chi connectivity index (χ0n) is 16.1. The van der Waals surface area contributed by atoms with Gasteiger partial charge in [0.15, 0.2) is 0 Å². The van der Waals surface area contributed by atoms with Crippen LogP contribution in [0.3, 0.4) is 0 Å². The Morgan fingerprint density at radius 2 is 1.48 bits per heavy atom. The van der Waals surface area contributed by atoms with E-state index in [1.54, 1.807) is 0 Å². The summed E-state index contributed by atoms with van der Waals surface area (Å²) in [6.07, 6.45) is 14.9. The molecule has 1 saturated carbocycles. The molecule has 0 aromatic rings. The molecule has 2 N–H and O–H groups in total. The minimum atomic E-state index is -0.158. The first-order chi connectivity index (χ1) is 13.2. The maximum Gasteiger partial charge on any atom is 0.223 e. The molecule has 0 bridgehead atoms. The van der Waals surface area contributed by atoms with Crippen LogP contribution in [0, 0.1) is 18.3 Å². The lowest BCUT2D eigenvalue weighted by Crippen LogP contribution is -2.47. The maximum absolute atomic E-state index is 12.2. The van der Waals surface area contributed by atoms with E-state index in [2.05, 4.69) is 16.6 Å². The Balaban J connectivity index is 1.28. The standard InChI is InChI=1S/C21H32N2O4/c1-2-3-4-5-6-7-8-9-10-18(24)22-16-13-26-20-17(14-27-19(16)20)23-21(25)15-11-12-15/h1,15-17,19-20H,3-14H2,(H,22,24)(H,23,25)/t16-,17-,19+,20+/m0/s1. The summed E-state index contributed by atoms with van der Waals surface area (Å²) in [5.74, 6) is 3.01. The van der Waals surface area contributed by atoms with Crippen molar-refractivity contribution >= 4 is 11.8 Å². The van der Waals surface area contributed by atoms with Crippen LogP contribution in [0.1, 0.15) is 64.2 Å². The van der Waals surface area contributed by atoms with Crippen molar-refractivity contribution in [3.05, 3.63) is 0 Å². The van der Waals surface area contributed by atoms with Gasteiger partial charge < -0.3 is 20.1 Å². The van der Waals surface area contributed by atoms with Gasteiger partial charge in [-0.25, -0.2) is 0 Å². The van der Waals surface area contributed by atoms with Crippen LogP contribution in [0.5, 0.6) is 0 Å². The molecule has 4 atom stereocenters. The van der Waals surface area contributed by atoms with E-state index in [-0.39, 0.29) is 42.0 Å². The number of unbranched alkanes of at least 4 members (excludes halogenated alkanes) is 6. The molecule has 150 valence electrons. The van der Waals surface area contributed by atoms with E-state index in [4.69, 9.17) is 15.9 Å². The van der Waals surface area contributed by atoms with Gasteiger partial charge in [0.05, 0.1) is 25.3 Å². The maximum atomic E-state index is 12.2. The summed E-state index contributed by atoms with van der Waals surface area (Å²) in [5, 5.41) is 6.09. The molecule has 6 heteroatoms. The molecule has 0 radical (unpaired) electrons. The van der Waals surface area contributed by atoms with Gasteiger partial charge in [-0.05, 0) is 25.7 Å². The first-order valence-corrected chi connectivity index (χ1v) is 10.5. The highest BCUT2D eigenvalue weighted by atomic mass is 16.6. The molecule has 2 aliphatic heterocycles. The van der Waals surface area contributed by atoms with Crippen LogP contribution in [-0.4, -0.2) is 49.3 Å². The SMILES string of the molecule is C#CCCCCCCCCC(=O)N[C@H]1CO[C@H]2[C@@H]1OC[C@@H]2NC(=O)C1CC1. The van der Waals surface area contributed by atoms with Gasteiger partial charge in [0.2, 0.25) is 11.8 Å². The molecule has 3 rings (SSSR count). The monoisotopic (exact) mass is 376 g/mol. The molecule has 0 aromatic heterocycles. The molecule has 3 fully saturated rings. The molecule has 0 aromatic carbocycles. The second kappa shape index (κ2) is 10.1. The van der Waals surface area contributed by atoms with Gasteiger partial charge in [0, 0.05) is 18.8 Å². The lowest BCUT2D eigenvalue weighted by atomic mass is 10.1. The van der Waals surface area contributed by atoms with E-state index in [1.807, 2.05) is 0 Å². The van der Waals surface area contributed by atoms with E-state index in [0.29, 0.717) is 19.6 Å². The first-order valence-electron chi connectivity index (χ1n) is 10.5. The normalized spacial score (nSPS) is 29.1. The first kappa shape index (κ1) is 20.2. The number of hydrogen-bond acceptors (Lipinski definition) is 4. The minimum absolute atomic E-state index is 0.0608. The van der Waals surface area contributed by atoms with E-state index >= 15 is 0 Å². The van der Waals surface area contributed by atoms with Crippen LogP contribution >= 0.6 is 0 Å². The third-order valence-corrected chi connectivity index (χ3v) is 5.65. The highest BCUT2D eigenvalue weighted by Gasteiger charge is 2.49. The molecule has 2 heterocycles. The van der Waals surface area contributed by atoms with Crippen LogP contribution in [0.25, 0.3) is 0 Å². The quantitative estimate of drug-likeness (QED) is 0.427. The van der Waals surface area contributed by atoms with E-state index in [0.717, 1.165) is 44.9 Å².